The van der Waals surface area contributed by atoms with Crippen molar-refractivity contribution in [2.24, 2.45) is 11.1 Å². The van der Waals surface area contributed by atoms with Crippen LogP contribution in [0.4, 0.5) is 4.39 Å². The Balaban J connectivity index is 2.08. The smallest absolute Gasteiger partial charge is 0.128 e. The van der Waals surface area contributed by atoms with Gasteiger partial charge in [0.2, 0.25) is 0 Å². The molecule has 1 fully saturated rings. The first kappa shape index (κ1) is 13.0. The third-order valence-electron chi connectivity index (χ3n) is 3.57. The number of likely N-dealkylation sites (tertiary alicyclic amines) is 1. The highest BCUT2D eigenvalue weighted by Gasteiger charge is 2.32. The summed E-state index contributed by atoms with van der Waals surface area (Å²) in [4.78, 5) is 2.27. The summed E-state index contributed by atoms with van der Waals surface area (Å²) in [5, 5.41) is 0. The lowest BCUT2D eigenvalue weighted by Crippen LogP contribution is -2.31. The minimum absolute atomic E-state index is 0.138. The summed E-state index contributed by atoms with van der Waals surface area (Å²) in [6, 6.07) is 5.12. The molecule has 0 aliphatic carbocycles. The van der Waals surface area contributed by atoms with E-state index in [9.17, 15) is 4.39 Å². The molecule has 0 radical (unpaired) electrons. The fourth-order valence-corrected chi connectivity index (χ4v) is 2.80. The molecule has 94 valence electrons. The van der Waals surface area contributed by atoms with Crippen molar-refractivity contribution < 1.29 is 4.39 Å². The summed E-state index contributed by atoms with van der Waals surface area (Å²) in [6.07, 6.45) is 1.09. The van der Waals surface area contributed by atoms with Gasteiger partial charge in [-0.15, -0.1) is 0 Å². The van der Waals surface area contributed by atoms with Crippen molar-refractivity contribution in [3.63, 3.8) is 0 Å². The quantitative estimate of drug-likeness (QED) is 0.930. The summed E-state index contributed by atoms with van der Waals surface area (Å²) in [5.41, 5.74) is 6.71. The predicted octanol–water partition coefficient (Wildman–Crippen LogP) is 2.76. The summed E-state index contributed by atoms with van der Waals surface area (Å²) < 4.78 is 14.5. The molecule has 2 nitrogen and oxygen atoms in total. The van der Waals surface area contributed by atoms with Crippen molar-refractivity contribution in [2.75, 3.05) is 19.6 Å². The largest absolute Gasteiger partial charge is 0.330 e. The lowest BCUT2D eigenvalue weighted by atomic mass is 9.90. The molecular formula is C13H18BrFN2. The highest BCUT2D eigenvalue weighted by molar-refractivity contribution is 9.10. The Morgan fingerprint density at radius 2 is 2.29 bits per heavy atom. The molecule has 1 aliphatic rings. The van der Waals surface area contributed by atoms with E-state index < -0.39 is 0 Å². The Morgan fingerprint density at radius 1 is 1.53 bits per heavy atom. The van der Waals surface area contributed by atoms with Crippen molar-refractivity contribution in [1.29, 1.82) is 0 Å². The first-order valence-electron chi connectivity index (χ1n) is 5.89. The van der Waals surface area contributed by atoms with E-state index in [0.717, 1.165) is 29.5 Å². The molecule has 2 rings (SSSR count). The molecule has 0 bridgehead atoms. The monoisotopic (exact) mass is 300 g/mol. The Labute approximate surface area is 110 Å². The zero-order valence-electron chi connectivity index (χ0n) is 10.0. The van der Waals surface area contributed by atoms with Gasteiger partial charge in [0.25, 0.3) is 0 Å². The van der Waals surface area contributed by atoms with Gasteiger partial charge in [-0.25, -0.2) is 4.39 Å². The molecule has 17 heavy (non-hydrogen) atoms. The Hall–Kier alpha value is -0.450. The third-order valence-corrected chi connectivity index (χ3v) is 4.32. The number of benzene rings is 1. The highest BCUT2D eigenvalue weighted by atomic mass is 79.9. The molecule has 4 heteroatoms. The van der Waals surface area contributed by atoms with E-state index in [0.29, 0.717) is 13.1 Å². The SMILES string of the molecule is CC1(CN)CCN(Cc2c(F)cccc2Br)C1. The lowest BCUT2D eigenvalue weighted by Gasteiger charge is -2.23. The maximum Gasteiger partial charge on any atom is 0.128 e. The van der Waals surface area contributed by atoms with Crippen LogP contribution in [0.15, 0.2) is 22.7 Å². The highest BCUT2D eigenvalue weighted by Crippen LogP contribution is 2.31. The lowest BCUT2D eigenvalue weighted by molar-refractivity contribution is 0.271. The minimum atomic E-state index is -0.138. The van der Waals surface area contributed by atoms with E-state index in [4.69, 9.17) is 5.73 Å². The molecular weight excluding hydrogens is 283 g/mol. The Kier molecular flexibility index (Phi) is 3.85. The van der Waals surface area contributed by atoms with E-state index in [2.05, 4.69) is 27.8 Å². The predicted molar refractivity (Wildman–Crippen MR) is 71.2 cm³/mol. The Morgan fingerprint density at radius 3 is 2.88 bits per heavy atom. The average molecular weight is 301 g/mol. The van der Waals surface area contributed by atoms with Gasteiger partial charge < -0.3 is 5.73 Å². The van der Waals surface area contributed by atoms with Gasteiger partial charge in [0.1, 0.15) is 5.82 Å². The number of nitrogens with two attached hydrogens (primary N) is 1. The van der Waals surface area contributed by atoms with Crippen LogP contribution in [0.3, 0.4) is 0 Å². The Bertz CT molecular complexity index is 390. The molecule has 0 spiro atoms. The van der Waals surface area contributed by atoms with Crippen LogP contribution in [0.1, 0.15) is 18.9 Å². The van der Waals surface area contributed by atoms with Crippen molar-refractivity contribution >= 4 is 15.9 Å². The van der Waals surface area contributed by atoms with Crippen LogP contribution < -0.4 is 5.73 Å². The molecule has 1 aromatic rings. The van der Waals surface area contributed by atoms with Crippen LogP contribution in [-0.2, 0) is 6.54 Å². The molecule has 1 aliphatic heterocycles. The topological polar surface area (TPSA) is 29.3 Å². The van der Waals surface area contributed by atoms with Crippen LogP contribution in [0.2, 0.25) is 0 Å². The third kappa shape index (κ3) is 2.87. The van der Waals surface area contributed by atoms with Crippen LogP contribution in [0, 0.1) is 11.2 Å². The molecule has 1 saturated heterocycles. The zero-order valence-corrected chi connectivity index (χ0v) is 11.6. The summed E-state index contributed by atoms with van der Waals surface area (Å²) >= 11 is 3.41. The maximum atomic E-state index is 13.7. The van der Waals surface area contributed by atoms with E-state index in [1.165, 1.54) is 6.07 Å². The second-order valence-corrected chi connectivity index (χ2v) is 6.03. The van der Waals surface area contributed by atoms with Gasteiger partial charge in [0.15, 0.2) is 0 Å². The van der Waals surface area contributed by atoms with Gasteiger partial charge in [-0.1, -0.05) is 28.9 Å². The van der Waals surface area contributed by atoms with Crippen molar-refractivity contribution in [3.8, 4) is 0 Å². The maximum absolute atomic E-state index is 13.7. The first-order valence-corrected chi connectivity index (χ1v) is 6.69. The molecule has 0 amide bonds. The fraction of sp³-hybridized carbons (Fsp3) is 0.538. The summed E-state index contributed by atoms with van der Waals surface area (Å²) in [7, 11) is 0. The van der Waals surface area contributed by atoms with Gasteiger partial charge in [0, 0.05) is 23.1 Å². The van der Waals surface area contributed by atoms with Gasteiger partial charge in [-0.3, -0.25) is 4.90 Å². The standard InChI is InChI=1S/C13H18BrFN2/c1-13(8-16)5-6-17(9-13)7-10-11(14)3-2-4-12(10)15/h2-4H,5-9,16H2,1H3. The van der Waals surface area contributed by atoms with E-state index >= 15 is 0 Å². The van der Waals surface area contributed by atoms with Gasteiger partial charge >= 0.3 is 0 Å². The van der Waals surface area contributed by atoms with Crippen molar-refractivity contribution in [1.82, 2.24) is 4.90 Å². The van der Waals surface area contributed by atoms with Gasteiger partial charge in [-0.05, 0) is 37.1 Å². The van der Waals surface area contributed by atoms with Gasteiger partial charge in [0.05, 0.1) is 0 Å². The molecule has 1 unspecified atom stereocenters. The number of hydrogen-bond acceptors (Lipinski definition) is 2. The van der Waals surface area contributed by atoms with Gasteiger partial charge in [-0.2, -0.15) is 0 Å². The second-order valence-electron chi connectivity index (χ2n) is 5.18. The number of halogens is 2. The normalized spacial score (nSPS) is 25.4. The average Bonchev–Trinajstić information content (AvgIpc) is 2.67. The van der Waals surface area contributed by atoms with Crippen molar-refractivity contribution in [2.45, 2.75) is 19.9 Å². The number of hydrogen-bond donors (Lipinski definition) is 1. The first-order chi connectivity index (χ1) is 8.04. The number of rotatable bonds is 3. The van der Waals surface area contributed by atoms with Crippen LogP contribution in [0.5, 0.6) is 0 Å². The second kappa shape index (κ2) is 5.04. The molecule has 2 N–H and O–H groups in total. The van der Waals surface area contributed by atoms with E-state index in [-0.39, 0.29) is 11.2 Å². The van der Waals surface area contributed by atoms with Crippen molar-refractivity contribution in [3.05, 3.63) is 34.1 Å². The summed E-state index contributed by atoms with van der Waals surface area (Å²) in [6.45, 7) is 5.49. The van der Waals surface area contributed by atoms with Crippen LogP contribution >= 0.6 is 15.9 Å². The van der Waals surface area contributed by atoms with E-state index in [1.807, 2.05) is 6.07 Å². The number of nitrogens with zero attached hydrogens (tertiary/aromatic N) is 1. The van der Waals surface area contributed by atoms with Crippen LogP contribution in [-0.4, -0.2) is 24.5 Å². The summed E-state index contributed by atoms with van der Waals surface area (Å²) in [5.74, 6) is -0.138. The van der Waals surface area contributed by atoms with E-state index in [1.54, 1.807) is 6.07 Å². The minimum Gasteiger partial charge on any atom is -0.330 e. The molecule has 1 atom stereocenters. The fourth-order valence-electron chi connectivity index (χ4n) is 2.33. The molecule has 0 aromatic heterocycles. The molecule has 1 aromatic carbocycles. The zero-order chi connectivity index (χ0) is 12.5. The van der Waals surface area contributed by atoms with Crippen LogP contribution in [0.25, 0.3) is 0 Å². The molecule has 0 saturated carbocycles. The molecule has 1 heterocycles.